The van der Waals surface area contributed by atoms with E-state index in [9.17, 15) is 11.0 Å². The first kappa shape index (κ1) is 24.3. The first-order valence-corrected chi connectivity index (χ1v) is 17.5. The lowest BCUT2D eigenvalue weighted by Gasteiger charge is -2.26. The number of benzene rings is 9. The maximum absolute atomic E-state index is 9.50. The van der Waals surface area contributed by atoms with E-state index >= 15 is 0 Å². The van der Waals surface area contributed by atoms with E-state index < -0.39 is 24.2 Å². The van der Waals surface area contributed by atoms with Crippen LogP contribution in [0.2, 0.25) is 0 Å². The summed E-state index contributed by atoms with van der Waals surface area (Å²) in [5.74, 6) is 0. The molecule has 1 heteroatoms. The molecule has 0 bridgehead atoms. The molecule has 250 valence electrons. The summed E-state index contributed by atoms with van der Waals surface area (Å²) >= 11 is 0. The number of nitrogens with zero attached hydrogens (tertiary/aromatic N) is 1. The molecule has 1 nitrogen and oxygen atoms in total. The van der Waals surface area contributed by atoms with Gasteiger partial charge >= 0.3 is 0 Å². The van der Waals surface area contributed by atoms with Crippen molar-refractivity contribution >= 4 is 27.8 Å². The zero-order valence-electron chi connectivity index (χ0n) is 36.7. The van der Waals surface area contributed by atoms with Crippen molar-refractivity contribution in [1.29, 1.82) is 0 Å². The van der Waals surface area contributed by atoms with Crippen LogP contribution in [0.1, 0.15) is 11.0 Å². The third-order valence-corrected chi connectivity index (χ3v) is 9.42. The summed E-state index contributed by atoms with van der Waals surface area (Å²) in [5, 5.41) is 2.10. The Hall–Kier alpha value is -6.96. The van der Waals surface area contributed by atoms with Crippen LogP contribution in [-0.4, -0.2) is 0 Å². The van der Waals surface area contributed by atoms with E-state index in [4.69, 9.17) is 0 Å². The third-order valence-electron chi connectivity index (χ3n) is 9.42. The Morgan fingerprint density at radius 2 is 0.623 bits per heavy atom. The van der Waals surface area contributed by atoms with Gasteiger partial charge in [0.25, 0.3) is 0 Å². The average Bonchev–Trinajstić information content (AvgIpc) is 3.31. The molecular formula is C52H37N. The van der Waals surface area contributed by atoms with E-state index in [1.54, 1.807) is 36.4 Å². The van der Waals surface area contributed by atoms with Gasteiger partial charge in [-0.1, -0.05) is 182 Å². The third kappa shape index (κ3) is 6.77. The highest BCUT2D eigenvalue weighted by molar-refractivity contribution is 5.89. The van der Waals surface area contributed by atoms with Crippen molar-refractivity contribution in [2.45, 2.75) is 0 Å². The molecule has 0 unspecified atom stereocenters. The number of rotatable bonds is 8. The van der Waals surface area contributed by atoms with Crippen molar-refractivity contribution in [3.8, 4) is 55.6 Å². The molecule has 0 aliphatic rings. The Morgan fingerprint density at radius 3 is 1.13 bits per heavy atom. The smallest absolute Gasteiger partial charge is 0.0645 e. The van der Waals surface area contributed by atoms with Crippen LogP contribution in [0, 0.1) is 0 Å². The van der Waals surface area contributed by atoms with Gasteiger partial charge in [-0.2, -0.15) is 0 Å². The first-order chi connectivity index (χ1) is 29.6. The average molecular weight is 684 g/mol. The SMILES string of the molecule is [2H]c1c([2H])c(N(c2cccc(-c3ccc4ccccc4c3)c2)c2c([2H])c([2H])c(-c3ccc(-c4ccccc4)cc3)c([2H])c2[2H])c([2H])c([2H])c1-c1ccc(-c2ccccc2)cc1. The summed E-state index contributed by atoms with van der Waals surface area (Å²) in [4.78, 5) is 1.36. The van der Waals surface area contributed by atoms with E-state index in [-0.39, 0.29) is 46.7 Å². The lowest BCUT2D eigenvalue weighted by atomic mass is 9.99. The van der Waals surface area contributed by atoms with Crippen LogP contribution in [0.25, 0.3) is 66.4 Å². The van der Waals surface area contributed by atoms with Gasteiger partial charge in [-0.05, 0) is 109 Å². The molecule has 0 saturated heterocycles. The van der Waals surface area contributed by atoms with Gasteiger partial charge in [0.05, 0.1) is 11.0 Å². The first-order valence-electron chi connectivity index (χ1n) is 21.5. The second kappa shape index (κ2) is 14.3. The van der Waals surface area contributed by atoms with Crippen LogP contribution in [0.15, 0.2) is 224 Å². The summed E-state index contributed by atoms with van der Waals surface area (Å²) in [6.45, 7) is 0. The standard InChI is InChI=1S/C52H37N/c1-3-10-38(11-4-1)41-18-22-43(23-19-41)45-28-32-50(33-29-45)53(52-17-9-16-48(37-52)49-27-26-40-14-7-8-15-47(40)36-49)51-34-30-46(31-35-51)44-24-20-42(21-25-44)39-12-5-2-6-13-39/h1-37H/i28D,29D,30D,31D,32D,33D,34D,35D. The second-order valence-electron chi connectivity index (χ2n) is 12.8. The minimum atomic E-state index is -0.392. The van der Waals surface area contributed by atoms with Gasteiger partial charge in [-0.15, -0.1) is 0 Å². The molecule has 53 heavy (non-hydrogen) atoms. The zero-order chi connectivity index (χ0) is 42.4. The highest BCUT2D eigenvalue weighted by atomic mass is 15.1. The summed E-state index contributed by atoms with van der Waals surface area (Å²) in [7, 11) is 0. The summed E-state index contributed by atoms with van der Waals surface area (Å²) in [5.41, 5.74) is 6.68. The Morgan fingerprint density at radius 1 is 0.245 bits per heavy atom. The zero-order valence-corrected chi connectivity index (χ0v) is 28.7. The number of fused-ring (bicyclic) bond motifs is 1. The Labute approximate surface area is 323 Å². The highest BCUT2D eigenvalue weighted by Crippen LogP contribution is 2.39. The molecule has 0 amide bonds. The molecule has 0 aliphatic carbocycles. The fourth-order valence-corrected chi connectivity index (χ4v) is 6.61. The van der Waals surface area contributed by atoms with Crippen molar-refractivity contribution in [3.63, 3.8) is 0 Å². The molecule has 0 spiro atoms. The maximum Gasteiger partial charge on any atom is 0.0645 e. The number of hydrogen-bond acceptors (Lipinski definition) is 1. The molecule has 0 heterocycles. The molecule has 0 aromatic heterocycles. The minimum absolute atomic E-state index is 0.108. The highest BCUT2D eigenvalue weighted by Gasteiger charge is 2.15. The van der Waals surface area contributed by atoms with Crippen molar-refractivity contribution in [1.82, 2.24) is 0 Å². The molecule has 0 N–H and O–H groups in total. The monoisotopic (exact) mass is 683 g/mol. The van der Waals surface area contributed by atoms with Crippen molar-refractivity contribution < 1.29 is 11.0 Å². The topological polar surface area (TPSA) is 3.24 Å². The molecule has 0 fully saturated rings. The van der Waals surface area contributed by atoms with Crippen LogP contribution in [-0.2, 0) is 0 Å². The van der Waals surface area contributed by atoms with Gasteiger partial charge in [-0.25, -0.2) is 0 Å². The quantitative estimate of drug-likeness (QED) is 0.154. The van der Waals surface area contributed by atoms with Gasteiger partial charge in [0.1, 0.15) is 0 Å². The van der Waals surface area contributed by atoms with Crippen molar-refractivity contribution in [2.24, 2.45) is 0 Å². The lowest BCUT2D eigenvalue weighted by Crippen LogP contribution is -2.10. The van der Waals surface area contributed by atoms with Gasteiger partial charge in [-0.3, -0.25) is 0 Å². The summed E-state index contributed by atoms with van der Waals surface area (Å²) < 4.78 is 75.3. The maximum atomic E-state index is 9.50. The van der Waals surface area contributed by atoms with E-state index in [0.29, 0.717) is 16.8 Å². The van der Waals surface area contributed by atoms with Gasteiger partial charge in [0, 0.05) is 17.1 Å². The second-order valence-corrected chi connectivity index (χ2v) is 12.8. The van der Waals surface area contributed by atoms with E-state index in [0.717, 1.165) is 44.2 Å². The predicted molar refractivity (Wildman–Crippen MR) is 226 cm³/mol. The molecule has 9 rings (SSSR count). The van der Waals surface area contributed by atoms with E-state index in [2.05, 4.69) is 6.07 Å². The largest absolute Gasteiger partial charge is 0.310 e. The molecule has 9 aromatic rings. The van der Waals surface area contributed by atoms with Crippen molar-refractivity contribution in [3.05, 3.63) is 224 Å². The Bertz CT molecular complexity index is 2890. The van der Waals surface area contributed by atoms with Crippen LogP contribution < -0.4 is 4.90 Å². The molecule has 0 atom stereocenters. The minimum Gasteiger partial charge on any atom is -0.310 e. The summed E-state index contributed by atoms with van der Waals surface area (Å²) in [6.07, 6.45) is 0. The Balaban J connectivity index is 1.23. The predicted octanol–water partition coefficient (Wildman–Crippen LogP) is 14.6. The van der Waals surface area contributed by atoms with Crippen molar-refractivity contribution in [2.75, 3.05) is 4.90 Å². The van der Waals surface area contributed by atoms with Gasteiger partial charge in [0.15, 0.2) is 0 Å². The van der Waals surface area contributed by atoms with Crippen LogP contribution >= 0.6 is 0 Å². The molecule has 0 aliphatic heterocycles. The van der Waals surface area contributed by atoms with Crippen LogP contribution in [0.5, 0.6) is 0 Å². The lowest BCUT2D eigenvalue weighted by molar-refractivity contribution is 1.28. The van der Waals surface area contributed by atoms with Crippen LogP contribution in [0.4, 0.5) is 17.1 Å². The van der Waals surface area contributed by atoms with Crippen LogP contribution in [0.3, 0.4) is 0 Å². The Kier molecular flexibility index (Phi) is 6.57. The van der Waals surface area contributed by atoms with Gasteiger partial charge in [0.2, 0.25) is 0 Å². The van der Waals surface area contributed by atoms with E-state index in [1.807, 2.05) is 133 Å². The molecule has 0 saturated carbocycles. The molecule has 9 aromatic carbocycles. The van der Waals surface area contributed by atoms with Gasteiger partial charge < -0.3 is 4.90 Å². The molecular weight excluding hydrogens is 639 g/mol. The normalized spacial score (nSPS) is 13.1. The fraction of sp³-hybridized carbons (Fsp3) is 0. The van der Waals surface area contributed by atoms with E-state index in [1.165, 1.54) is 4.90 Å². The molecule has 0 radical (unpaired) electrons. The number of anilines is 3. The fourth-order valence-electron chi connectivity index (χ4n) is 6.61. The number of hydrogen-bond donors (Lipinski definition) is 0. The summed E-state index contributed by atoms with van der Waals surface area (Å²) in [6, 6.07) is 52.8.